The maximum Gasteiger partial charge on any atom is 0.271 e. The highest BCUT2D eigenvalue weighted by Gasteiger charge is 2.32. The van der Waals surface area contributed by atoms with Crippen molar-refractivity contribution in [1.29, 1.82) is 0 Å². The van der Waals surface area contributed by atoms with Gasteiger partial charge in [0.25, 0.3) is 5.91 Å². The number of amides is 1. The predicted octanol–water partition coefficient (Wildman–Crippen LogP) is 1.15. The zero-order chi connectivity index (χ0) is 16.4. The fraction of sp³-hybridized carbons (Fsp3) is 0.765. The Hall–Kier alpha value is -1.40. The first-order chi connectivity index (χ1) is 10.9. The third-order valence-electron chi connectivity index (χ3n) is 4.52. The van der Waals surface area contributed by atoms with Crippen molar-refractivity contribution < 1.29 is 4.79 Å². The van der Waals surface area contributed by atoms with Crippen LogP contribution in [0.3, 0.4) is 0 Å². The van der Waals surface area contributed by atoms with Crippen LogP contribution in [0.1, 0.15) is 55.7 Å². The van der Waals surface area contributed by atoms with E-state index in [1.54, 1.807) is 0 Å². The third kappa shape index (κ3) is 4.12. The molecule has 1 amide bonds. The van der Waals surface area contributed by atoms with Gasteiger partial charge in [0.05, 0.1) is 5.54 Å². The van der Waals surface area contributed by atoms with Crippen molar-refractivity contribution in [2.75, 3.05) is 39.3 Å². The Labute approximate surface area is 138 Å². The van der Waals surface area contributed by atoms with Crippen LogP contribution in [0.15, 0.2) is 6.07 Å². The van der Waals surface area contributed by atoms with Crippen molar-refractivity contribution in [2.24, 2.45) is 0 Å². The average molecular weight is 319 g/mol. The minimum atomic E-state index is -0.0861. The van der Waals surface area contributed by atoms with Crippen LogP contribution < -0.4 is 10.6 Å². The lowest BCUT2D eigenvalue weighted by Crippen LogP contribution is -2.46. The predicted molar refractivity (Wildman–Crippen MR) is 90.8 cm³/mol. The molecule has 2 fully saturated rings. The van der Waals surface area contributed by atoms with Crippen molar-refractivity contribution in [3.8, 4) is 0 Å². The summed E-state index contributed by atoms with van der Waals surface area (Å²) in [5.41, 5.74) is 1.68. The normalized spacial score (nSPS) is 19.8. The molecule has 0 radical (unpaired) electrons. The molecule has 2 aliphatic rings. The minimum Gasteiger partial charge on any atom is -0.349 e. The van der Waals surface area contributed by atoms with Crippen LogP contribution in [-0.2, 0) is 5.54 Å². The molecule has 1 saturated heterocycles. The second-order valence-electron chi connectivity index (χ2n) is 7.66. The number of carbonyl (C=O) groups is 1. The largest absolute Gasteiger partial charge is 0.349 e. The van der Waals surface area contributed by atoms with Crippen LogP contribution in [0.5, 0.6) is 0 Å². The van der Waals surface area contributed by atoms with E-state index < -0.39 is 0 Å². The molecule has 3 rings (SSSR count). The van der Waals surface area contributed by atoms with Crippen molar-refractivity contribution in [3.63, 3.8) is 0 Å². The Balaban J connectivity index is 1.58. The van der Waals surface area contributed by atoms with Gasteiger partial charge in [-0.2, -0.15) is 5.10 Å². The van der Waals surface area contributed by atoms with E-state index >= 15 is 0 Å². The standard InChI is InChI=1S/C17H29N5O/c1-17(2,3)22-15(13-4-5-13)12-14(20-22)16(23)19-8-11-21-9-6-18-7-10-21/h12-13,18H,4-11H2,1-3H3,(H,19,23). The number of aromatic nitrogens is 2. The lowest BCUT2D eigenvalue weighted by Gasteiger charge is -2.26. The first kappa shape index (κ1) is 16.5. The molecule has 0 unspecified atom stereocenters. The Morgan fingerprint density at radius 2 is 2.04 bits per heavy atom. The van der Waals surface area contributed by atoms with Crippen LogP contribution in [0.25, 0.3) is 0 Å². The fourth-order valence-corrected chi connectivity index (χ4v) is 3.07. The minimum absolute atomic E-state index is 0.0509. The smallest absolute Gasteiger partial charge is 0.271 e. The fourth-order valence-electron chi connectivity index (χ4n) is 3.07. The Morgan fingerprint density at radius 3 is 2.65 bits per heavy atom. The van der Waals surface area contributed by atoms with Gasteiger partial charge in [-0.05, 0) is 39.7 Å². The lowest BCUT2D eigenvalue weighted by atomic mass is 10.1. The van der Waals surface area contributed by atoms with Gasteiger partial charge in [-0.15, -0.1) is 0 Å². The van der Waals surface area contributed by atoms with Gasteiger partial charge in [0.1, 0.15) is 5.69 Å². The van der Waals surface area contributed by atoms with Gasteiger partial charge >= 0.3 is 0 Å². The molecule has 1 aliphatic heterocycles. The number of hydrogen-bond donors (Lipinski definition) is 2. The van der Waals surface area contributed by atoms with Crippen molar-refractivity contribution in [3.05, 3.63) is 17.5 Å². The van der Waals surface area contributed by atoms with Crippen LogP contribution in [0.4, 0.5) is 0 Å². The summed E-state index contributed by atoms with van der Waals surface area (Å²) in [5, 5.41) is 10.9. The van der Waals surface area contributed by atoms with Gasteiger partial charge in [-0.1, -0.05) is 0 Å². The zero-order valence-corrected chi connectivity index (χ0v) is 14.6. The van der Waals surface area contributed by atoms with E-state index in [0.29, 0.717) is 18.2 Å². The Morgan fingerprint density at radius 1 is 1.35 bits per heavy atom. The van der Waals surface area contributed by atoms with Crippen molar-refractivity contribution >= 4 is 5.91 Å². The molecular weight excluding hydrogens is 290 g/mol. The Kier molecular flexibility index (Phi) is 4.73. The lowest BCUT2D eigenvalue weighted by molar-refractivity contribution is 0.0940. The summed E-state index contributed by atoms with van der Waals surface area (Å²) in [6.45, 7) is 12.2. The molecule has 128 valence electrons. The molecule has 0 spiro atoms. The molecule has 1 aromatic heterocycles. The molecule has 0 bridgehead atoms. The maximum atomic E-state index is 12.4. The van der Waals surface area contributed by atoms with Crippen LogP contribution >= 0.6 is 0 Å². The number of nitrogens with zero attached hydrogens (tertiary/aromatic N) is 3. The molecule has 2 N–H and O–H groups in total. The molecule has 1 aromatic rings. The van der Waals surface area contributed by atoms with E-state index in [1.807, 2.05) is 10.7 Å². The van der Waals surface area contributed by atoms with Crippen LogP contribution in [0.2, 0.25) is 0 Å². The number of rotatable bonds is 5. The molecule has 0 atom stereocenters. The summed E-state index contributed by atoms with van der Waals surface area (Å²) in [6.07, 6.45) is 2.43. The van der Waals surface area contributed by atoms with Gasteiger partial charge in [0.15, 0.2) is 0 Å². The van der Waals surface area contributed by atoms with E-state index in [-0.39, 0.29) is 11.4 Å². The van der Waals surface area contributed by atoms with E-state index in [0.717, 1.165) is 32.7 Å². The highest BCUT2D eigenvalue weighted by Crippen LogP contribution is 2.41. The zero-order valence-electron chi connectivity index (χ0n) is 14.6. The molecule has 6 heteroatoms. The molecular formula is C17H29N5O. The van der Waals surface area contributed by atoms with Gasteiger partial charge in [-0.3, -0.25) is 14.4 Å². The second kappa shape index (κ2) is 6.61. The van der Waals surface area contributed by atoms with Crippen molar-refractivity contribution in [2.45, 2.75) is 45.1 Å². The summed E-state index contributed by atoms with van der Waals surface area (Å²) in [6, 6.07) is 1.99. The van der Waals surface area contributed by atoms with Crippen molar-refractivity contribution in [1.82, 2.24) is 25.3 Å². The average Bonchev–Trinajstić information content (AvgIpc) is 3.25. The summed E-state index contributed by atoms with van der Waals surface area (Å²) in [4.78, 5) is 14.8. The summed E-state index contributed by atoms with van der Waals surface area (Å²) in [5.74, 6) is 0.536. The second-order valence-corrected chi connectivity index (χ2v) is 7.66. The highest BCUT2D eigenvalue weighted by molar-refractivity contribution is 5.92. The van der Waals surface area contributed by atoms with Gasteiger partial charge < -0.3 is 10.6 Å². The van der Waals surface area contributed by atoms with Gasteiger partial charge in [0, 0.05) is 50.9 Å². The summed E-state index contributed by atoms with van der Waals surface area (Å²) in [7, 11) is 0. The van der Waals surface area contributed by atoms with E-state index in [9.17, 15) is 4.79 Å². The number of hydrogen-bond acceptors (Lipinski definition) is 4. The quantitative estimate of drug-likeness (QED) is 0.855. The summed E-state index contributed by atoms with van der Waals surface area (Å²) < 4.78 is 2.04. The SMILES string of the molecule is CC(C)(C)n1nc(C(=O)NCCN2CCNCC2)cc1C1CC1. The number of carbonyl (C=O) groups excluding carboxylic acids is 1. The van der Waals surface area contributed by atoms with E-state index in [4.69, 9.17) is 0 Å². The number of nitrogens with one attached hydrogen (secondary N) is 2. The molecule has 23 heavy (non-hydrogen) atoms. The maximum absolute atomic E-state index is 12.4. The van der Waals surface area contributed by atoms with Crippen LogP contribution in [0, 0.1) is 0 Å². The monoisotopic (exact) mass is 319 g/mol. The topological polar surface area (TPSA) is 62.2 Å². The van der Waals surface area contributed by atoms with E-state index in [2.05, 4.69) is 41.4 Å². The Bertz CT molecular complexity index is 550. The summed E-state index contributed by atoms with van der Waals surface area (Å²) >= 11 is 0. The first-order valence-corrected chi connectivity index (χ1v) is 8.77. The van der Waals surface area contributed by atoms with Gasteiger partial charge in [-0.25, -0.2) is 0 Å². The first-order valence-electron chi connectivity index (χ1n) is 8.77. The van der Waals surface area contributed by atoms with E-state index in [1.165, 1.54) is 18.5 Å². The highest BCUT2D eigenvalue weighted by atomic mass is 16.1. The van der Waals surface area contributed by atoms with Crippen LogP contribution in [-0.4, -0.2) is 59.9 Å². The molecule has 2 heterocycles. The molecule has 1 aliphatic carbocycles. The van der Waals surface area contributed by atoms with Gasteiger partial charge in [0.2, 0.25) is 0 Å². The molecule has 6 nitrogen and oxygen atoms in total. The molecule has 0 aromatic carbocycles. The number of piperazine rings is 1. The molecule has 1 saturated carbocycles. The third-order valence-corrected chi connectivity index (χ3v) is 4.52.